The normalized spacial score (nSPS) is 19.9. The summed E-state index contributed by atoms with van der Waals surface area (Å²) in [5.74, 6) is 2.35. The van der Waals surface area contributed by atoms with Gasteiger partial charge in [0.25, 0.3) is 0 Å². The predicted octanol–water partition coefficient (Wildman–Crippen LogP) is 2.56. The number of fused-ring (bicyclic) bond motifs is 1. The minimum absolute atomic E-state index is 0. The van der Waals surface area contributed by atoms with Gasteiger partial charge in [-0.25, -0.2) is 0 Å². The minimum Gasteiger partial charge on any atom is -0.490 e. The number of methoxy groups -OCH3 is 1. The summed E-state index contributed by atoms with van der Waals surface area (Å²) in [6, 6.07) is 6.42. The summed E-state index contributed by atoms with van der Waals surface area (Å²) in [6.45, 7) is 5.15. The molecular formula is C19H31IN4O3. The molecule has 3 rings (SSSR count). The van der Waals surface area contributed by atoms with Crippen LogP contribution in [0.5, 0.6) is 11.5 Å². The average molecular weight is 490 g/mol. The fraction of sp³-hybridized carbons (Fsp3) is 0.632. The molecule has 0 spiro atoms. The highest BCUT2D eigenvalue weighted by atomic mass is 127. The molecule has 0 aliphatic carbocycles. The van der Waals surface area contributed by atoms with Crippen molar-refractivity contribution in [1.82, 2.24) is 10.2 Å². The Labute approximate surface area is 178 Å². The van der Waals surface area contributed by atoms with E-state index in [1.54, 1.807) is 14.2 Å². The Balaban J connectivity index is 0.00000261. The molecule has 0 bridgehead atoms. The molecule has 7 nitrogen and oxygen atoms in total. The van der Waals surface area contributed by atoms with Crippen LogP contribution in [0.4, 0.5) is 5.69 Å². The molecule has 27 heavy (non-hydrogen) atoms. The molecule has 0 radical (unpaired) electrons. The molecule has 8 heteroatoms. The predicted molar refractivity (Wildman–Crippen MR) is 119 cm³/mol. The van der Waals surface area contributed by atoms with Gasteiger partial charge < -0.3 is 24.8 Å². The Hall–Kier alpha value is -1.26. The lowest BCUT2D eigenvalue weighted by Crippen LogP contribution is -2.43. The Morgan fingerprint density at radius 1 is 1.26 bits per heavy atom. The van der Waals surface area contributed by atoms with Gasteiger partial charge in [-0.05, 0) is 31.5 Å². The average Bonchev–Trinajstić information content (AvgIpc) is 2.98. The highest BCUT2D eigenvalue weighted by Gasteiger charge is 2.24. The zero-order chi connectivity index (χ0) is 18.2. The van der Waals surface area contributed by atoms with Crippen molar-refractivity contribution in [3.63, 3.8) is 0 Å². The summed E-state index contributed by atoms with van der Waals surface area (Å²) in [6.07, 6.45) is 3.35. The van der Waals surface area contributed by atoms with Crippen molar-refractivity contribution >= 4 is 35.6 Å². The van der Waals surface area contributed by atoms with Gasteiger partial charge in [0, 0.05) is 51.5 Å². The molecule has 152 valence electrons. The van der Waals surface area contributed by atoms with E-state index in [4.69, 9.17) is 14.2 Å². The molecule has 1 saturated heterocycles. The number of benzene rings is 1. The fourth-order valence-corrected chi connectivity index (χ4v) is 3.40. The minimum atomic E-state index is 0. The smallest absolute Gasteiger partial charge is 0.195 e. The van der Waals surface area contributed by atoms with E-state index >= 15 is 0 Å². The molecule has 1 atom stereocenters. The highest BCUT2D eigenvalue weighted by molar-refractivity contribution is 14.0. The van der Waals surface area contributed by atoms with E-state index < -0.39 is 0 Å². The number of rotatable bonds is 6. The summed E-state index contributed by atoms with van der Waals surface area (Å²) in [7, 11) is 3.54. The van der Waals surface area contributed by atoms with E-state index in [9.17, 15) is 0 Å². The van der Waals surface area contributed by atoms with Crippen molar-refractivity contribution in [2.24, 2.45) is 4.99 Å². The van der Waals surface area contributed by atoms with Gasteiger partial charge in [0.05, 0.1) is 19.8 Å². The second kappa shape index (κ2) is 11.6. The summed E-state index contributed by atoms with van der Waals surface area (Å²) in [5.41, 5.74) is 0.935. The zero-order valence-corrected chi connectivity index (χ0v) is 18.5. The maximum Gasteiger partial charge on any atom is 0.195 e. The first kappa shape index (κ1) is 22.0. The molecule has 2 aliphatic rings. The van der Waals surface area contributed by atoms with E-state index in [1.165, 1.54) is 12.8 Å². The maximum atomic E-state index is 5.75. The lowest BCUT2D eigenvalue weighted by molar-refractivity contribution is 0.141. The number of halogens is 1. The molecule has 2 heterocycles. The Bertz CT molecular complexity index is 615. The van der Waals surface area contributed by atoms with Gasteiger partial charge >= 0.3 is 0 Å². The standard InChI is InChI=1S/C19H30N4O3.HI/c1-20-19(21-14-16-5-3-8-23(16)9-12-24-2)22-15-6-7-17-18(13-15)26-11-4-10-25-17;/h6-7,13,16H,3-5,8-12,14H2,1-2H3,(H2,20,21,22);1H. The van der Waals surface area contributed by atoms with E-state index in [0.29, 0.717) is 19.3 Å². The Morgan fingerprint density at radius 2 is 2.07 bits per heavy atom. The number of nitrogens with one attached hydrogen (secondary N) is 2. The van der Waals surface area contributed by atoms with Gasteiger partial charge in [-0.15, -0.1) is 24.0 Å². The van der Waals surface area contributed by atoms with Crippen molar-refractivity contribution in [1.29, 1.82) is 0 Å². The third-order valence-electron chi connectivity index (χ3n) is 4.82. The number of likely N-dealkylation sites (tertiary alicyclic amines) is 1. The molecule has 0 amide bonds. The Kier molecular flexibility index (Phi) is 9.43. The van der Waals surface area contributed by atoms with Gasteiger partial charge in [-0.2, -0.15) is 0 Å². The number of hydrogen-bond donors (Lipinski definition) is 2. The second-order valence-corrected chi connectivity index (χ2v) is 6.61. The maximum absolute atomic E-state index is 5.75. The number of nitrogens with zero attached hydrogens (tertiary/aromatic N) is 2. The third-order valence-corrected chi connectivity index (χ3v) is 4.82. The third kappa shape index (κ3) is 6.39. The van der Waals surface area contributed by atoms with E-state index in [0.717, 1.165) is 55.8 Å². The van der Waals surface area contributed by atoms with Gasteiger partial charge in [-0.1, -0.05) is 0 Å². The summed E-state index contributed by atoms with van der Waals surface area (Å²) in [5, 5.41) is 6.78. The fourth-order valence-electron chi connectivity index (χ4n) is 3.40. The largest absolute Gasteiger partial charge is 0.490 e. The van der Waals surface area contributed by atoms with Gasteiger partial charge in [0.1, 0.15) is 0 Å². The van der Waals surface area contributed by atoms with E-state index in [-0.39, 0.29) is 24.0 Å². The van der Waals surface area contributed by atoms with Crippen LogP contribution in [0.2, 0.25) is 0 Å². The van der Waals surface area contributed by atoms with Crippen molar-refractivity contribution in [2.75, 3.05) is 58.9 Å². The second-order valence-electron chi connectivity index (χ2n) is 6.61. The molecule has 2 aliphatic heterocycles. The summed E-state index contributed by atoms with van der Waals surface area (Å²) < 4.78 is 16.6. The number of anilines is 1. The first-order chi connectivity index (χ1) is 12.8. The van der Waals surface area contributed by atoms with Crippen LogP contribution in [-0.4, -0.2) is 70.5 Å². The van der Waals surface area contributed by atoms with Crippen molar-refractivity contribution < 1.29 is 14.2 Å². The number of ether oxygens (including phenoxy) is 3. The van der Waals surface area contributed by atoms with Crippen LogP contribution in [0, 0.1) is 0 Å². The first-order valence-corrected chi connectivity index (χ1v) is 9.40. The van der Waals surface area contributed by atoms with Crippen LogP contribution in [0.15, 0.2) is 23.2 Å². The lowest BCUT2D eigenvalue weighted by Gasteiger charge is -2.25. The summed E-state index contributed by atoms with van der Waals surface area (Å²) >= 11 is 0. The van der Waals surface area contributed by atoms with Crippen LogP contribution in [-0.2, 0) is 4.74 Å². The molecule has 2 N–H and O–H groups in total. The van der Waals surface area contributed by atoms with Crippen LogP contribution < -0.4 is 20.1 Å². The molecule has 1 unspecified atom stereocenters. The SMILES string of the molecule is CN=C(NCC1CCCN1CCOC)Nc1ccc2c(c1)OCCCO2.I. The summed E-state index contributed by atoms with van der Waals surface area (Å²) in [4.78, 5) is 6.82. The molecule has 1 aromatic carbocycles. The first-order valence-electron chi connectivity index (χ1n) is 9.40. The topological polar surface area (TPSA) is 67.4 Å². The molecule has 0 saturated carbocycles. The quantitative estimate of drug-likeness (QED) is 0.363. The zero-order valence-electron chi connectivity index (χ0n) is 16.2. The van der Waals surface area contributed by atoms with Crippen LogP contribution in [0.1, 0.15) is 19.3 Å². The van der Waals surface area contributed by atoms with Crippen LogP contribution in [0.3, 0.4) is 0 Å². The van der Waals surface area contributed by atoms with Crippen LogP contribution in [0.25, 0.3) is 0 Å². The molecular weight excluding hydrogens is 459 g/mol. The number of guanidine groups is 1. The van der Waals surface area contributed by atoms with Crippen molar-refractivity contribution in [2.45, 2.75) is 25.3 Å². The highest BCUT2D eigenvalue weighted by Crippen LogP contribution is 2.32. The van der Waals surface area contributed by atoms with Gasteiger partial charge in [0.2, 0.25) is 0 Å². The van der Waals surface area contributed by atoms with E-state index in [2.05, 4.69) is 20.5 Å². The van der Waals surface area contributed by atoms with Gasteiger partial charge in [0.15, 0.2) is 17.5 Å². The lowest BCUT2D eigenvalue weighted by atomic mass is 10.2. The molecule has 1 fully saturated rings. The van der Waals surface area contributed by atoms with Crippen molar-refractivity contribution in [3.8, 4) is 11.5 Å². The van der Waals surface area contributed by atoms with E-state index in [1.807, 2.05) is 18.2 Å². The number of aliphatic imine (C=N–C) groups is 1. The number of hydrogen-bond acceptors (Lipinski definition) is 5. The van der Waals surface area contributed by atoms with Crippen molar-refractivity contribution in [3.05, 3.63) is 18.2 Å². The monoisotopic (exact) mass is 490 g/mol. The Morgan fingerprint density at radius 3 is 2.85 bits per heavy atom. The van der Waals surface area contributed by atoms with Gasteiger partial charge in [-0.3, -0.25) is 9.89 Å². The molecule has 1 aromatic rings. The molecule has 0 aromatic heterocycles. The van der Waals surface area contributed by atoms with Crippen LogP contribution >= 0.6 is 24.0 Å².